The van der Waals surface area contributed by atoms with E-state index in [9.17, 15) is 19.2 Å². The van der Waals surface area contributed by atoms with Crippen LogP contribution in [0.2, 0.25) is 0 Å². The minimum absolute atomic E-state index is 0.00769. The maximum Gasteiger partial charge on any atom is 0.308 e. The Morgan fingerprint density at radius 3 is 1.97 bits per heavy atom. The van der Waals surface area contributed by atoms with Gasteiger partial charge in [0.1, 0.15) is 22.5 Å². The molecule has 3 aromatic rings. The van der Waals surface area contributed by atoms with E-state index in [4.69, 9.17) is 28.1 Å². The lowest BCUT2D eigenvalue weighted by Gasteiger charge is -2.14. The summed E-state index contributed by atoms with van der Waals surface area (Å²) in [6.45, 7) is 3.61. The van der Waals surface area contributed by atoms with Crippen molar-refractivity contribution in [2.45, 2.75) is 20.8 Å². The molecule has 0 aliphatic heterocycles. The maximum atomic E-state index is 13.3. The van der Waals surface area contributed by atoms with Gasteiger partial charge in [-0.3, -0.25) is 19.2 Å². The third kappa shape index (κ3) is 4.95. The molecule has 2 aromatic carbocycles. The standard InChI is InChI=1S/C23H20O10/c1-11(24)30-15-9-18(32-13(3)26)20-19(10-15)33-22(23(29-5)21(20)27)14-6-7-16(31-12(2)25)17(8-14)28-4/h6-10H,1-5H3. The van der Waals surface area contributed by atoms with E-state index in [0.29, 0.717) is 5.56 Å². The second-order valence-corrected chi connectivity index (χ2v) is 6.73. The third-order valence-corrected chi connectivity index (χ3v) is 4.29. The van der Waals surface area contributed by atoms with Crippen LogP contribution in [0.3, 0.4) is 0 Å². The van der Waals surface area contributed by atoms with Gasteiger partial charge in [-0.25, -0.2) is 0 Å². The van der Waals surface area contributed by atoms with Crippen LogP contribution in [0.5, 0.6) is 28.7 Å². The highest BCUT2D eigenvalue weighted by Crippen LogP contribution is 2.39. The molecular weight excluding hydrogens is 436 g/mol. The van der Waals surface area contributed by atoms with Gasteiger partial charge in [0.05, 0.1) is 14.2 Å². The summed E-state index contributed by atoms with van der Waals surface area (Å²) in [5.74, 6) is -1.76. The van der Waals surface area contributed by atoms with E-state index >= 15 is 0 Å². The molecule has 0 saturated carbocycles. The van der Waals surface area contributed by atoms with Crippen molar-refractivity contribution in [3.8, 4) is 40.1 Å². The number of carbonyl (C=O) groups excluding carboxylic acids is 3. The zero-order valence-electron chi connectivity index (χ0n) is 18.5. The molecule has 0 fully saturated rings. The molecule has 0 unspecified atom stereocenters. The van der Waals surface area contributed by atoms with Gasteiger partial charge in [0.2, 0.25) is 11.2 Å². The Labute approximate surface area is 187 Å². The lowest BCUT2D eigenvalue weighted by Crippen LogP contribution is -2.12. The predicted octanol–water partition coefficient (Wildman–Crippen LogP) is 3.25. The average molecular weight is 456 g/mol. The van der Waals surface area contributed by atoms with Crippen molar-refractivity contribution in [2.75, 3.05) is 14.2 Å². The van der Waals surface area contributed by atoms with Gasteiger partial charge in [0.15, 0.2) is 17.3 Å². The summed E-state index contributed by atoms with van der Waals surface area (Å²) in [6, 6.07) is 7.06. The number of hydrogen-bond donors (Lipinski definition) is 0. The molecule has 0 aliphatic carbocycles. The van der Waals surface area contributed by atoms with E-state index in [1.54, 1.807) is 0 Å². The molecule has 1 heterocycles. The lowest BCUT2D eigenvalue weighted by molar-refractivity contribution is -0.133. The fourth-order valence-electron chi connectivity index (χ4n) is 3.13. The van der Waals surface area contributed by atoms with Crippen LogP contribution in [0.25, 0.3) is 22.3 Å². The molecule has 0 bridgehead atoms. The zero-order chi connectivity index (χ0) is 24.3. The van der Waals surface area contributed by atoms with E-state index in [2.05, 4.69) is 0 Å². The molecule has 0 aliphatic rings. The quantitative estimate of drug-likeness (QED) is 0.403. The molecule has 3 rings (SSSR count). The van der Waals surface area contributed by atoms with Crippen molar-refractivity contribution in [3.63, 3.8) is 0 Å². The summed E-state index contributed by atoms with van der Waals surface area (Å²) in [6.07, 6.45) is 0. The fourth-order valence-corrected chi connectivity index (χ4v) is 3.13. The highest BCUT2D eigenvalue weighted by atomic mass is 16.6. The first-order chi connectivity index (χ1) is 15.6. The van der Waals surface area contributed by atoms with Crippen LogP contribution >= 0.6 is 0 Å². The van der Waals surface area contributed by atoms with E-state index in [0.717, 1.165) is 6.92 Å². The van der Waals surface area contributed by atoms with Gasteiger partial charge >= 0.3 is 17.9 Å². The highest BCUT2D eigenvalue weighted by molar-refractivity contribution is 5.91. The van der Waals surface area contributed by atoms with Gasteiger partial charge in [-0.1, -0.05) is 0 Å². The Balaban J connectivity index is 2.31. The van der Waals surface area contributed by atoms with Crippen molar-refractivity contribution in [1.29, 1.82) is 0 Å². The molecule has 0 amide bonds. The van der Waals surface area contributed by atoms with Crippen molar-refractivity contribution in [1.82, 2.24) is 0 Å². The topological polar surface area (TPSA) is 128 Å². The summed E-state index contributed by atoms with van der Waals surface area (Å²) < 4.78 is 31.9. The van der Waals surface area contributed by atoms with Gasteiger partial charge in [0, 0.05) is 38.5 Å². The Morgan fingerprint density at radius 2 is 1.39 bits per heavy atom. The number of benzene rings is 2. The number of carbonyl (C=O) groups is 3. The molecule has 0 spiro atoms. The number of methoxy groups -OCH3 is 2. The van der Waals surface area contributed by atoms with Gasteiger partial charge in [0.25, 0.3) is 0 Å². The van der Waals surface area contributed by atoms with Crippen LogP contribution in [0.15, 0.2) is 39.5 Å². The van der Waals surface area contributed by atoms with Crippen molar-refractivity contribution in [3.05, 3.63) is 40.6 Å². The number of ether oxygens (including phenoxy) is 5. The smallest absolute Gasteiger partial charge is 0.308 e. The van der Waals surface area contributed by atoms with Crippen molar-refractivity contribution < 1.29 is 42.5 Å². The van der Waals surface area contributed by atoms with E-state index in [1.807, 2.05) is 0 Å². The van der Waals surface area contributed by atoms with Crippen LogP contribution < -0.4 is 29.1 Å². The molecule has 10 nitrogen and oxygen atoms in total. The first kappa shape index (κ1) is 23.3. The van der Waals surface area contributed by atoms with Crippen LogP contribution in [0.4, 0.5) is 0 Å². The van der Waals surface area contributed by atoms with Crippen molar-refractivity contribution in [2.24, 2.45) is 0 Å². The molecule has 1 aromatic heterocycles. The summed E-state index contributed by atoms with van der Waals surface area (Å²) in [4.78, 5) is 47.6. The summed E-state index contributed by atoms with van der Waals surface area (Å²) in [5.41, 5.74) is -0.276. The van der Waals surface area contributed by atoms with E-state index in [-0.39, 0.29) is 45.5 Å². The van der Waals surface area contributed by atoms with Crippen molar-refractivity contribution >= 4 is 28.9 Å². The molecule has 0 radical (unpaired) electrons. The normalized spacial score (nSPS) is 10.5. The summed E-state index contributed by atoms with van der Waals surface area (Å²) >= 11 is 0. The molecular formula is C23H20O10. The van der Waals surface area contributed by atoms with Gasteiger partial charge in [-0.05, 0) is 18.2 Å². The molecule has 172 valence electrons. The van der Waals surface area contributed by atoms with Gasteiger partial charge in [-0.2, -0.15) is 0 Å². The average Bonchev–Trinajstić information content (AvgIpc) is 2.72. The summed E-state index contributed by atoms with van der Waals surface area (Å²) in [7, 11) is 2.67. The fraction of sp³-hybridized carbons (Fsp3) is 0.217. The summed E-state index contributed by atoms with van der Waals surface area (Å²) in [5, 5.41) is -0.0785. The first-order valence-corrected chi connectivity index (χ1v) is 9.57. The number of rotatable bonds is 6. The third-order valence-electron chi connectivity index (χ3n) is 4.29. The van der Waals surface area contributed by atoms with Crippen LogP contribution in [0, 0.1) is 0 Å². The Bertz CT molecular complexity index is 1320. The predicted molar refractivity (Wildman–Crippen MR) is 115 cm³/mol. The number of fused-ring (bicyclic) bond motifs is 1. The molecule has 33 heavy (non-hydrogen) atoms. The van der Waals surface area contributed by atoms with Gasteiger partial charge < -0.3 is 28.1 Å². The zero-order valence-corrected chi connectivity index (χ0v) is 18.5. The second-order valence-electron chi connectivity index (χ2n) is 6.73. The Morgan fingerprint density at radius 1 is 0.758 bits per heavy atom. The van der Waals surface area contributed by atoms with Crippen LogP contribution in [0.1, 0.15) is 20.8 Å². The highest BCUT2D eigenvalue weighted by Gasteiger charge is 2.23. The Hall–Kier alpha value is -4.34. The van der Waals surface area contributed by atoms with E-state index in [1.165, 1.54) is 58.4 Å². The monoisotopic (exact) mass is 456 g/mol. The van der Waals surface area contributed by atoms with Gasteiger partial charge in [-0.15, -0.1) is 0 Å². The second kappa shape index (κ2) is 9.43. The molecule has 0 saturated heterocycles. The number of esters is 3. The largest absolute Gasteiger partial charge is 0.493 e. The Kier molecular flexibility index (Phi) is 6.67. The lowest BCUT2D eigenvalue weighted by atomic mass is 10.1. The molecule has 0 atom stereocenters. The molecule has 10 heteroatoms. The SMILES string of the molecule is COc1cc(-c2oc3cc(OC(C)=O)cc(OC(C)=O)c3c(=O)c2OC)ccc1OC(C)=O. The maximum absolute atomic E-state index is 13.3. The molecule has 0 N–H and O–H groups in total. The minimum atomic E-state index is -0.690. The van der Waals surface area contributed by atoms with E-state index < -0.39 is 23.3 Å². The number of hydrogen-bond acceptors (Lipinski definition) is 10. The van der Waals surface area contributed by atoms with Crippen LogP contribution in [-0.4, -0.2) is 32.1 Å². The minimum Gasteiger partial charge on any atom is -0.493 e. The first-order valence-electron chi connectivity index (χ1n) is 9.57. The van der Waals surface area contributed by atoms with Crippen LogP contribution in [-0.2, 0) is 14.4 Å².